The third kappa shape index (κ3) is 6.54. The maximum absolute atomic E-state index is 15.4. The molecule has 0 spiro atoms. The van der Waals surface area contributed by atoms with Gasteiger partial charge in [0.25, 0.3) is 6.43 Å². The number of fused-ring (bicyclic) bond motifs is 8. The van der Waals surface area contributed by atoms with Gasteiger partial charge in [-0.3, -0.25) is 9.59 Å². The summed E-state index contributed by atoms with van der Waals surface area (Å²) < 4.78 is 80.6. The molecule has 0 unspecified atom stereocenters. The minimum atomic E-state index is -2.71. The molecule has 10 rings (SSSR count). The minimum Gasteiger partial charge on any atom is -0.378 e. The summed E-state index contributed by atoms with van der Waals surface area (Å²) in [5, 5.41) is 8.29. The van der Waals surface area contributed by atoms with Gasteiger partial charge in [0, 0.05) is 57.5 Å². The smallest absolute Gasteiger partial charge is 0.255 e. The van der Waals surface area contributed by atoms with E-state index in [1.165, 1.54) is 29.1 Å². The number of nitrogens with one attached hydrogen (secondary N) is 1. The molecule has 4 aromatic heterocycles. The van der Waals surface area contributed by atoms with E-state index in [0.717, 1.165) is 17.0 Å². The molecule has 8 heterocycles. The first-order chi connectivity index (χ1) is 29.3. The number of carbonyl (C=O) groups is 2. The van der Waals surface area contributed by atoms with Crippen LogP contribution < -0.4 is 15.1 Å². The molecule has 15 nitrogen and oxygen atoms in total. The number of rotatable bonds is 6. The molecule has 2 aromatic carbocycles. The lowest BCUT2D eigenvalue weighted by Gasteiger charge is -2.55. The van der Waals surface area contributed by atoms with Crippen LogP contribution in [0.4, 0.5) is 39.5 Å². The lowest BCUT2D eigenvalue weighted by atomic mass is 9.87. The first-order valence-electron chi connectivity index (χ1n) is 19.9. The SMILES string of the molecule is CO[C@H]1CN(C)C(=O)[C@@H]2C[C@@H](CN2c2nc(N3[C@H]4C[C@@H]3C(=O)N(CC(F)F)C4)nc3c2cnn3-c2ccc(F)cc2F)Nc2cccc(n2)-c2cc(F)cc3nc(C)n(c23)C1. The largest absolute Gasteiger partial charge is 0.378 e. The number of halogens is 5. The van der Waals surface area contributed by atoms with Crippen LogP contribution in [0.5, 0.6) is 0 Å². The minimum absolute atomic E-state index is 0.0256. The Balaban J connectivity index is 1.09. The Morgan fingerprint density at radius 1 is 0.902 bits per heavy atom. The van der Waals surface area contributed by atoms with Gasteiger partial charge in [0.05, 0.1) is 53.5 Å². The second kappa shape index (κ2) is 14.6. The number of benzene rings is 2. The predicted octanol–water partition coefficient (Wildman–Crippen LogP) is 4.55. The molecule has 6 aromatic rings. The van der Waals surface area contributed by atoms with Crippen LogP contribution in [-0.4, -0.2) is 133 Å². The summed E-state index contributed by atoms with van der Waals surface area (Å²) in [7, 11) is 3.24. The summed E-state index contributed by atoms with van der Waals surface area (Å²) in [6.07, 6.45) is -1.11. The fourth-order valence-corrected chi connectivity index (χ4v) is 9.33. The van der Waals surface area contributed by atoms with E-state index in [4.69, 9.17) is 19.7 Å². The zero-order chi connectivity index (χ0) is 42.4. The fraction of sp³-hybridized carbons (Fsp3) is 0.390. The molecular weight excluding hydrogens is 804 g/mol. The van der Waals surface area contributed by atoms with Crippen molar-refractivity contribution in [1.29, 1.82) is 0 Å². The highest BCUT2D eigenvalue weighted by molar-refractivity contribution is 5.95. The third-order valence-corrected chi connectivity index (χ3v) is 12.2. The standard InChI is InChI=1S/C41H39F5N12O3/c1-20-48-30-11-22(43)9-26-29-5-4-6-35(50-29)49-23-12-32(39(59)53(2)17-25(61-3)18-55(20)36(26)30)56(15-23)37-27-14-47-58(31-8-7-21(42)10-28(31)44)38(27)52-41(51-37)57-24-13-33(57)40(60)54(16-24)19-34(45)46/h4-11,14,23-25,32-34H,12-13,15-19H2,1-3H3,(H,49,50)/t23-,24-,25-,32-,33+/m0/s1. The van der Waals surface area contributed by atoms with Gasteiger partial charge in [-0.2, -0.15) is 15.1 Å². The van der Waals surface area contributed by atoms with Gasteiger partial charge in [0.15, 0.2) is 11.5 Å². The maximum Gasteiger partial charge on any atom is 0.255 e. The summed E-state index contributed by atoms with van der Waals surface area (Å²) in [4.78, 5) is 53.8. The fourth-order valence-electron chi connectivity index (χ4n) is 9.33. The Morgan fingerprint density at radius 3 is 2.51 bits per heavy atom. The normalized spacial score (nSPS) is 22.9. The Bertz CT molecular complexity index is 2750. The topological polar surface area (TPSA) is 143 Å². The lowest BCUT2D eigenvalue weighted by molar-refractivity contribution is -0.142. The van der Waals surface area contributed by atoms with Crippen molar-refractivity contribution >= 4 is 51.5 Å². The first kappa shape index (κ1) is 38.7. The number of amides is 2. The van der Waals surface area contributed by atoms with Gasteiger partial charge in [-0.05, 0) is 50.1 Å². The van der Waals surface area contributed by atoms with Crippen LogP contribution in [0.15, 0.2) is 54.7 Å². The second-order valence-electron chi connectivity index (χ2n) is 16.0. The molecule has 61 heavy (non-hydrogen) atoms. The highest BCUT2D eigenvalue weighted by atomic mass is 19.3. The van der Waals surface area contributed by atoms with Crippen molar-refractivity contribution in [3.63, 3.8) is 0 Å². The van der Waals surface area contributed by atoms with Crippen LogP contribution in [0, 0.1) is 24.4 Å². The summed E-state index contributed by atoms with van der Waals surface area (Å²) in [6, 6.07) is 8.80. The number of methoxy groups -OCH3 is 1. The van der Waals surface area contributed by atoms with Crippen LogP contribution >= 0.6 is 0 Å². The van der Waals surface area contributed by atoms with Crippen LogP contribution in [0.1, 0.15) is 18.7 Å². The molecule has 20 heteroatoms. The van der Waals surface area contributed by atoms with Gasteiger partial charge < -0.3 is 34.2 Å². The van der Waals surface area contributed by atoms with Crippen LogP contribution in [0.3, 0.4) is 0 Å². The number of anilines is 3. The van der Waals surface area contributed by atoms with E-state index in [0.29, 0.717) is 45.7 Å². The molecule has 3 saturated heterocycles. The lowest BCUT2D eigenvalue weighted by Crippen LogP contribution is -2.72. The molecule has 0 radical (unpaired) electrons. The molecule has 316 valence electrons. The molecule has 4 aliphatic heterocycles. The molecule has 6 bridgehead atoms. The van der Waals surface area contributed by atoms with Gasteiger partial charge in [0.1, 0.15) is 46.9 Å². The number of pyridine rings is 1. The zero-order valence-electron chi connectivity index (χ0n) is 33.1. The van der Waals surface area contributed by atoms with Crippen molar-refractivity contribution in [2.45, 2.75) is 63.0 Å². The number of alkyl halides is 2. The molecule has 0 saturated carbocycles. The summed E-state index contributed by atoms with van der Waals surface area (Å²) in [5.41, 5.74) is 2.20. The number of piperidine rings is 1. The van der Waals surface area contributed by atoms with Crippen LogP contribution in [0.25, 0.3) is 39.0 Å². The van der Waals surface area contributed by atoms with Crippen molar-refractivity contribution in [1.82, 2.24) is 44.1 Å². The molecule has 3 fully saturated rings. The number of imidazole rings is 1. The first-order valence-corrected chi connectivity index (χ1v) is 19.9. The molecule has 0 aliphatic carbocycles. The van der Waals surface area contributed by atoms with Crippen molar-refractivity contribution in [3.05, 3.63) is 78.0 Å². The summed E-state index contributed by atoms with van der Waals surface area (Å²) >= 11 is 0. The Kier molecular flexibility index (Phi) is 9.29. The summed E-state index contributed by atoms with van der Waals surface area (Å²) in [5.74, 6) is -1.48. The third-order valence-electron chi connectivity index (χ3n) is 12.2. The van der Waals surface area contributed by atoms with Gasteiger partial charge >= 0.3 is 0 Å². The van der Waals surface area contributed by atoms with Gasteiger partial charge in [-0.15, -0.1) is 0 Å². The number of aryl methyl sites for hydroxylation is 1. The highest BCUT2D eigenvalue weighted by Crippen LogP contribution is 2.41. The number of likely N-dealkylation sites (tertiary alicyclic amines) is 1. The average Bonchev–Trinajstić information content (AvgIpc) is 3.91. The maximum atomic E-state index is 15.4. The Morgan fingerprint density at radius 2 is 1.74 bits per heavy atom. The van der Waals surface area contributed by atoms with Crippen molar-refractivity contribution in [3.8, 4) is 16.9 Å². The van der Waals surface area contributed by atoms with E-state index in [9.17, 15) is 22.8 Å². The average molecular weight is 843 g/mol. The molecule has 2 amide bonds. The second-order valence-corrected chi connectivity index (χ2v) is 16.0. The van der Waals surface area contributed by atoms with E-state index >= 15 is 8.78 Å². The van der Waals surface area contributed by atoms with Gasteiger partial charge in [-0.1, -0.05) is 6.07 Å². The number of piperazine rings is 1. The number of likely N-dealkylation sites (N-methyl/N-ethyl adjacent to an activating group) is 1. The number of ether oxygens (including phenoxy) is 1. The highest BCUT2D eigenvalue weighted by Gasteiger charge is 2.52. The molecule has 5 atom stereocenters. The van der Waals surface area contributed by atoms with Gasteiger partial charge in [-0.25, -0.2) is 36.6 Å². The predicted molar refractivity (Wildman–Crippen MR) is 213 cm³/mol. The number of carbonyl (C=O) groups excluding carboxylic acids is 2. The number of hydrogen-bond donors (Lipinski definition) is 1. The number of nitrogens with zero attached hydrogens (tertiary/aromatic N) is 11. The summed E-state index contributed by atoms with van der Waals surface area (Å²) in [6.45, 7) is 1.81. The van der Waals surface area contributed by atoms with E-state index in [1.54, 1.807) is 36.1 Å². The zero-order valence-corrected chi connectivity index (χ0v) is 33.1. The van der Waals surface area contributed by atoms with Gasteiger partial charge in [0.2, 0.25) is 17.8 Å². The van der Waals surface area contributed by atoms with Crippen molar-refractivity contribution in [2.75, 3.05) is 55.5 Å². The Hall–Kier alpha value is -6.44. The Labute approximate surface area is 344 Å². The molecular formula is C41H39F5N12O3. The van der Waals surface area contributed by atoms with E-state index in [1.807, 2.05) is 22.5 Å². The van der Waals surface area contributed by atoms with E-state index in [2.05, 4.69) is 15.4 Å². The van der Waals surface area contributed by atoms with E-state index in [-0.39, 0.29) is 67.6 Å². The van der Waals surface area contributed by atoms with Crippen molar-refractivity contribution < 1.29 is 36.3 Å². The number of hydrogen-bond acceptors (Lipinski definition) is 11. The molecule has 4 aliphatic rings. The van der Waals surface area contributed by atoms with Crippen LogP contribution in [-0.2, 0) is 20.9 Å². The monoisotopic (exact) mass is 842 g/mol. The number of aromatic nitrogens is 7. The van der Waals surface area contributed by atoms with Crippen molar-refractivity contribution in [2.24, 2.45) is 0 Å². The van der Waals surface area contributed by atoms with Crippen LogP contribution in [0.2, 0.25) is 0 Å². The van der Waals surface area contributed by atoms with E-state index < -0.39 is 60.6 Å². The molecule has 1 N–H and O–H groups in total. The quantitative estimate of drug-likeness (QED) is 0.236.